The minimum absolute atomic E-state index is 0.465. The Morgan fingerprint density at radius 2 is 1.82 bits per heavy atom. The van der Waals surface area contributed by atoms with E-state index < -0.39 is 12.5 Å². The highest BCUT2D eigenvalue weighted by atomic mass is 35.5. The number of likely N-dealkylation sites (tertiary alicyclic amines) is 1. The zero-order valence-electron chi connectivity index (χ0n) is 6.41. The lowest BCUT2D eigenvalue weighted by Gasteiger charge is -2.22. The first-order valence-corrected chi connectivity index (χ1v) is 4.47. The molecule has 1 heterocycles. The SMILES string of the molecule is OC1CCC(O)N1CCCCl. The molecule has 0 radical (unpaired) electrons. The summed E-state index contributed by atoms with van der Waals surface area (Å²) < 4.78 is 0. The molecule has 11 heavy (non-hydrogen) atoms. The van der Waals surface area contributed by atoms with Gasteiger partial charge in [0.2, 0.25) is 0 Å². The minimum atomic E-state index is -0.465. The highest BCUT2D eigenvalue weighted by Gasteiger charge is 2.29. The number of hydrogen-bond donors (Lipinski definition) is 2. The van der Waals surface area contributed by atoms with Crippen LogP contribution in [0.4, 0.5) is 0 Å². The van der Waals surface area contributed by atoms with Gasteiger partial charge in [-0.15, -0.1) is 11.6 Å². The van der Waals surface area contributed by atoms with Crippen LogP contribution in [0.15, 0.2) is 0 Å². The molecule has 0 spiro atoms. The van der Waals surface area contributed by atoms with Crippen molar-refractivity contribution in [1.82, 2.24) is 4.90 Å². The first-order chi connectivity index (χ1) is 5.25. The molecule has 66 valence electrons. The average Bonchev–Trinajstić information content (AvgIpc) is 2.29. The van der Waals surface area contributed by atoms with Crippen LogP contribution in [0.5, 0.6) is 0 Å². The summed E-state index contributed by atoms with van der Waals surface area (Å²) in [6.07, 6.45) is 1.23. The average molecular weight is 180 g/mol. The van der Waals surface area contributed by atoms with Crippen molar-refractivity contribution in [2.45, 2.75) is 31.7 Å². The third-order valence-corrected chi connectivity index (χ3v) is 2.27. The number of rotatable bonds is 3. The van der Waals surface area contributed by atoms with E-state index in [0.29, 0.717) is 25.3 Å². The summed E-state index contributed by atoms with van der Waals surface area (Å²) >= 11 is 5.49. The van der Waals surface area contributed by atoms with Crippen molar-refractivity contribution in [3.8, 4) is 0 Å². The van der Waals surface area contributed by atoms with Gasteiger partial charge in [0, 0.05) is 12.4 Å². The monoisotopic (exact) mass is 179 g/mol. The predicted octanol–water partition coefficient (Wildman–Crippen LogP) is 0.348. The third-order valence-electron chi connectivity index (χ3n) is 2.00. The van der Waals surface area contributed by atoms with Crippen LogP contribution >= 0.6 is 11.6 Å². The Morgan fingerprint density at radius 3 is 2.27 bits per heavy atom. The molecule has 1 saturated heterocycles. The van der Waals surface area contributed by atoms with Gasteiger partial charge in [-0.1, -0.05) is 0 Å². The molecule has 1 rings (SSSR count). The second kappa shape index (κ2) is 4.26. The Bertz CT molecular complexity index is 113. The molecule has 0 aromatic rings. The Labute approximate surface area is 71.6 Å². The molecule has 2 N–H and O–H groups in total. The summed E-state index contributed by atoms with van der Waals surface area (Å²) in [7, 11) is 0. The fourth-order valence-electron chi connectivity index (χ4n) is 1.37. The smallest absolute Gasteiger partial charge is 0.109 e. The van der Waals surface area contributed by atoms with Crippen LogP contribution < -0.4 is 0 Å². The van der Waals surface area contributed by atoms with Gasteiger partial charge in [-0.05, 0) is 19.3 Å². The van der Waals surface area contributed by atoms with Crippen LogP contribution in [0.1, 0.15) is 19.3 Å². The first-order valence-electron chi connectivity index (χ1n) is 3.93. The summed E-state index contributed by atoms with van der Waals surface area (Å²) in [5, 5.41) is 18.6. The van der Waals surface area contributed by atoms with Crippen molar-refractivity contribution >= 4 is 11.6 Å². The lowest BCUT2D eigenvalue weighted by atomic mass is 10.3. The van der Waals surface area contributed by atoms with Gasteiger partial charge in [-0.2, -0.15) is 0 Å². The van der Waals surface area contributed by atoms with Crippen LogP contribution in [-0.2, 0) is 0 Å². The molecule has 1 fully saturated rings. The van der Waals surface area contributed by atoms with Crippen LogP contribution in [-0.4, -0.2) is 40.0 Å². The van der Waals surface area contributed by atoms with Crippen LogP contribution in [0.2, 0.25) is 0 Å². The zero-order valence-corrected chi connectivity index (χ0v) is 7.17. The van der Waals surface area contributed by atoms with Gasteiger partial charge in [0.05, 0.1) is 0 Å². The maximum atomic E-state index is 9.31. The second-order valence-corrected chi connectivity index (χ2v) is 3.20. The van der Waals surface area contributed by atoms with Gasteiger partial charge in [0.1, 0.15) is 12.5 Å². The van der Waals surface area contributed by atoms with Crippen molar-refractivity contribution in [3.05, 3.63) is 0 Å². The van der Waals surface area contributed by atoms with Gasteiger partial charge in [-0.3, -0.25) is 4.90 Å². The number of nitrogens with zero attached hydrogens (tertiary/aromatic N) is 1. The Hall–Kier alpha value is 0.170. The molecule has 0 saturated carbocycles. The van der Waals surface area contributed by atoms with Crippen molar-refractivity contribution in [2.75, 3.05) is 12.4 Å². The maximum absolute atomic E-state index is 9.31. The van der Waals surface area contributed by atoms with Crippen molar-refractivity contribution in [1.29, 1.82) is 0 Å². The molecule has 0 amide bonds. The highest BCUT2D eigenvalue weighted by molar-refractivity contribution is 6.17. The van der Waals surface area contributed by atoms with E-state index >= 15 is 0 Å². The standard InChI is InChI=1S/C7H14ClNO2/c8-4-1-5-9-6(10)2-3-7(9)11/h6-7,10-11H,1-5H2. The quantitative estimate of drug-likeness (QED) is 0.615. The molecular weight excluding hydrogens is 166 g/mol. The normalized spacial score (nSPS) is 33.0. The van der Waals surface area contributed by atoms with E-state index in [0.717, 1.165) is 6.42 Å². The van der Waals surface area contributed by atoms with Crippen molar-refractivity contribution < 1.29 is 10.2 Å². The van der Waals surface area contributed by atoms with Crippen LogP contribution in [0.3, 0.4) is 0 Å². The summed E-state index contributed by atoms with van der Waals surface area (Å²) in [5.41, 5.74) is 0. The molecule has 0 aromatic heterocycles. The fraction of sp³-hybridized carbons (Fsp3) is 1.00. The molecule has 2 atom stereocenters. The molecule has 1 aliphatic heterocycles. The molecule has 0 aromatic carbocycles. The largest absolute Gasteiger partial charge is 0.378 e. The molecular formula is C7H14ClNO2. The van der Waals surface area contributed by atoms with E-state index in [9.17, 15) is 10.2 Å². The zero-order chi connectivity index (χ0) is 8.27. The third kappa shape index (κ3) is 2.30. The minimum Gasteiger partial charge on any atom is -0.378 e. The molecule has 2 unspecified atom stereocenters. The van der Waals surface area contributed by atoms with Gasteiger partial charge in [0.25, 0.3) is 0 Å². The summed E-state index contributed by atoms with van der Waals surface area (Å²) in [6, 6.07) is 0. The number of halogens is 1. The van der Waals surface area contributed by atoms with Crippen molar-refractivity contribution in [2.24, 2.45) is 0 Å². The topological polar surface area (TPSA) is 43.7 Å². The summed E-state index contributed by atoms with van der Waals surface area (Å²) in [4.78, 5) is 1.68. The molecule has 0 bridgehead atoms. The molecule has 4 heteroatoms. The Kier molecular flexibility index (Phi) is 3.59. The number of alkyl halides is 1. The first kappa shape index (κ1) is 9.26. The lowest BCUT2D eigenvalue weighted by molar-refractivity contribution is -0.0523. The summed E-state index contributed by atoms with van der Waals surface area (Å²) in [6.45, 7) is 0.686. The number of aliphatic hydroxyl groups excluding tert-OH is 2. The van der Waals surface area contributed by atoms with Gasteiger partial charge in [0.15, 0.2) is 0 Å². The number of hydrogen-bond acceptors (Lipinski definition) is 3. The molecule has 1 aliphatic rings. The van der Waals surface area contributed by atoms with Crippen LogP contribution in [0.25, 0.3) is 0 Å². The van der Waals surface area contributed by atoms with E-state index in [1.165, 1.54) is 0 Å². The lowest BCUT2D eigenvalue weighted by Crippen LogP contribution is -2.36. The highest BCUT2D eigenvalue weighted by Crippen LogP contribution is 2.20. The Balaban J connectivity index is 2.29. The fourth-order valence-corrected chi connectivity index (χ4v) is 1.49. The van der Waals surface area contributed by atoms with E-state index in [-0.39, 0.29) is 0 Å². The van der Waals surface area contributed by atoms with E-state index in [4.69, 9.17) is 11.6 Å². The van der Waals surface area contributed by atoms with Gasteiger partial charge in [-0.25, -0.2) is 0 Å². The maximum Gasteiger partial charge on any atom is 0.109 e. The number of aliphatic hydroxyl groups is 2. The summed E-state index contributed by atoms with van der Waals surface area (Å²) in [5.74, 6) is 0.579. The van der Waals surface area contributed by atoms with E-state index in [2.05, 4.69) is 0 Å². The Morgan fingerprint density at radius 1 is 1.27 bits per heavy atom. The predicted molar refractivity (Wildman–Crippen MR) is 43.3 cm³/mol. The molecule has 0 aliphatic carbocycles. The van der Waals surface area contributed by atoms with Gasteiger partial charge < -0.3 is 10.2 Å². The van der Waals surface area contributed by atoms with Gasteiger partial charge >= 0.3 is 0 Å². The van der Waals surface area contributed by atoms with E-state index in [1.807, 2.05) is 0 Å². The molecule has 3 nitrogen and oxygen atoms in total. The van der Waals surface area contributed by atoms with Crippen LogP contribution in [0, 0.1) is 0 Å². The van der Waals surface area contributed by atoms with Crippen molar-refractivity contribution in [3.63, 3.8) is 0 Å². The second-order valence-electron chi connectivity index (χ2n) is 2.82. The van der Waals surface area contributed by atoms with E-state index in [1.54, 1.807) is 4.90 Å².